The van der Waals surface area contributed by atoms with Crippen LogP contribution >= 0.6 is 0 Å². The molecule has 0 radical (unpaired) electrons. The van der Waals surface area contributed by atoms with Gasteiger partial charge in [-0.2, -0.15) is 0 Å². The van der Waals surface area contributed by atoms with Crippen LogP contribution in [0.3, 0.4) is 0 Å². The Kier molecular flexibility index (Phi) is 6.59. The topological polar surface area (TPSA) is 64.4 Å². The molecule has 0 aliphatic rings. The second kappa shape index (κ2) is 8.67. The van der Waals surface area contributed by atoms with E-state index < -0.39 is 0 Å². The maximum absolute atomic E-state index is 12.0. The lowest BCUT2D eigenvalue weighted by Gasteiger charge is -2.05. The molecule has 0 saturated carbocycles. The first-order chi connectivity index (χ1) is 11.1. The van der Waals surface area contributed by atoms with E-state index in [1.807, 2.05) is 26.0 Å². The Morgan fingerprint density at radius 2 is 1.96 bits per heavy atom. The fraction of sp³-hybridized carbons (Fsp3) is 0.556. The van der Waals surface area contributed by atoms with Gasteiger partial charge < -0.3 is 14.6 Å². The van der Waals surface area contributed by atoms with Gasteiger partial charge in [0.25, 0.3) is 0 Å². The number of rotatable bonds is 9. The summed E-state index contributed by atoms with van der Waals surface area (Å²) in [6.45, 7) is 8.33. The maximum atomic E-state index is 12.0. The van der Waals surface area contributed by atoms with Gasteiger partial charge in [0.1, 0.15) is 5.69 Å². The van der Waals surface area contributed by atoms with Gasteiger partial charge in [-0.05, 0) is 49.9 Å². The average molecular weight is 318 g/mol. The predicted octanol–water partition coefficient (Wildman–Crippen LogP) is 3.31. The third kappa shape index (κ3) is 5.06. The van der Waals surface area contributed by atoms with Gasteiger partial charge in [0.05, 0.1) is 6.42 Å². The number of carbonyl (C=O) groups is 1. The van der Waals surface area contributed by atoms with Gasteiger partial charge in [0, 0.05) is 25.1 Å². The van der Waals surface area contributed by atoms with Gasteiger partial charge in [-0.3, -0.25) is 4.79 Å². The summed E-state index contributed by atoms with van der Waals surface area (Å²) in [7, 11) is 0. The van der Waals surface area contributed by atoms with E-state index in [0.717, 1.165) is 42.4 Å². The van der Waals surface area contributed by atoms with Crippen LogP contribution in [0.4, 0.5) is 0 Å². The molecular weight excluding hydrogens is 292 g/mol. The molecule has 5 heteroatoms. The number of carbonyl (C=O) groups excluding carboxylic acids is 1. The number of aryl methyl sites for hydroxylation is 2. The number of nitrogens with zero attached hydrogens (tertiary/aromatic N) is 1. The van der Waals surface area contributed by atoms with E-state index in [0.29, 0.717) is 18.8 Å². The number of aromatic nitrogens is 1. The van der Waals surface area contributed by atoms with E-state index in [4.69, 9.17) is 9.26 Å². The van der Waals surface area contributed by atoms with Gasteiger partial charge >= 0.3 is 0 Å². The van der Waals surface area contributed by atoms with Crippen LogP contribution in [0.5, 0.6) is 0 Å². The number of ether oxygens (including phenoxy) is 1. The molecule has 0 aliphatic heterocycles. The quantitative estimate of drug-likeness (QED) is 0.720. The van der Waals surface area contributed by atoms with Crippen LogP contribution in [0.2, 0.25) is 0 Å². The van der Waals surface area contributed by atoms with E-state index in [9.17, 15) is 4.79 Å². The number of hydrogen-bond acceptors (Lipinski definition) is 4. The molecule has 2 aromatic rings. The van der Waals surface area contributed by atoms with Crippen LogP contribution in [-0.4, -0.2) is 30.8 Å². The second-order valence-corrected chi connectivity index (χ2v) is 5.91. The maximum Gasteiger partial charge on any atom is 0.226 e. The van der Waals surface area contributed by atoms with Gasteiger partial charge in [-0.1, -0.05) is 18.5 Å². The molecule has 1 N–H and O–H groups in total. The smallest absolute Gasteiger partial charge is 0.226 e. The zero-order valence-electron chi connectivity index (χ0n) is 14.3. The molecule has 2 rings (SSSR count). The predicted molar refractivity (Wildman–Crippen MR) is 90.5 cm³/mol. The Morgan fingerprint density at radius 1 is 1.22 bits per heavy atom. The summed E-state index contributed by atoms with van der Waals surface area (Å²) in [6, 6.07) is 4.00. The number of amides is 1. The molecule has 0 unspecified atom stereocenters. The minimum atomic E-state index is -0.0352. The largest absolute Gasteiger partial charge is 0.381 e. The van der Waals surface area contributed by atoms with Gasteiger partial charge in [0.15, 0.2) is 5.58 Å². The molecule has 0 aliphatic carbocycles. The minimum absolute atomic E-state index is 0.0352. The lowest BCUT2D eigenvalue weighted by atomic mass is 10.1. The van der Waals surface area contributed by atoms with E-state index in [-0.39, 0.29) is 12.3 Å². The number of unbranched alkanes of at least 4 members (excludes halogenated alkanes) is 1. The Morgan fingerprint density at radius 3 is 2.74 bits per heavy atom. The Bertz CT molecular complexity index is 649. The summed E-state index contributed by atoms with van der Waals surface area (Å²) in [4.78, 5) is 12.0. The average Bonchev–Trinajstić information content (AvgIpc) is 2.89. The number of benzene rings is 1. The van der Waals surface area contributed by atoms with Crippen LogP contribution in [0, 0.1) is 13.8 Å². The van der Waals surface area contributed by atoms with Crippen molar-refractivity contribution < 1.29 is 14.1 Å². The normalized spacial score (nSPS) is 11.1. The summed E-state index contributed by atoms with van der Waals surface area (Å²) in [6.07, 6.45) is 3.30. The van der Waals surface area contributed by atoms with Crippen LogP contribution < -0.4 is 5.32 Å². The Labute approximate surface area is 137 Å². The monoisotopic (exact) mass is 318 g/mol. The van der Waals surface area contributed by atoms with Crippen LogP contribution in [0.15, 0.2) is 16.7 Å². The van der Waals surface area contributed by atoms with E-state index in [2.05, 4.69) is 17.4 Å². The summed E-state index contributed by atoms with van der Waals surface area (Å²) >= 11 is 0. The molecule has 23 heavy (non-hydrogen) atoms. The summed E-state index contributed by atoms with van der Waals surface area (Å²) < 4.78 is 10.8. The molecule has 1 amide bonds. The van der Waals surface area contributed by atoms with Crippen molar-refractivity contribution in [2.45, 2.75) is 46.5 Å². The van der Waals surface area contributed by atoms with Crippen molar-refractivity contribution in [3.8, 4) is 0 Å². The number of nitrogens with one attached hydrogen (secondary N) is 1. The molecule has 126 valence electrons. The van der Waals surface area contributed by atoms with Crippen molar-refractivity contribution >= 4 is 16.9 Å². The standard InChI is InChI=1S/C18H26N2O3/c1-4-5-8-22-9-6-7-19-18(21)12-16-15-10-13(2)14(3)11-17(15)23-20-16/h10-11H,4-9,12H2,1-3H3,(H,19,21). The highest BCUT2D eigenvalue weighted by atomic mass is 16.5. The zero-order valence-corrected chi connectivity index (χ0v) is 14.3. The fourth-order valence-corrected chi connectivity index (χ4v) is 2.34. The summed E-state index contributed by atoms with van der Waals surface area (Å²) in [5, 5.41) is 7.86. The first kappa shape index (κ1) is 17.5. The highest BCUT2D eigenvalue weighted by Crippen LogP contribution is 2.22. The fourth-order valence-electron chi connectivity index (χ4n) is 2.34. The first-order valence-corrected chi connectivity index (χ1v) is 8.31. The number of fused-ring (bicyclic) bond motifs is 1. The van der Waals surface area contributed by atoms with Gasteiger partial charge in [0.2, 0.25) is 5.91 Å². The molecule has 0 atom stereocenters. The molecule has 0 fully saturated rings. The SMILES string of the molecule is CCCCOCCCNC(=O)Cc1noc2cc(C)c(C)cc12. The van der Waals surface area contributed by atoms with Crippen molar-refractivity contribution in [3.05, 3.63) is 29.0 Å². The van der Waals surface area contributed by atoms with Crippen LogP contribution in [0.1, 0.15) is 43.0 Å². The van der Waals surface area contributed by atoms with E-state index in [1.165, 1.54) is 5.56 Å². The Balaban J connectivity index is 1.78. The van der Waals surface area contributed by atoms with Gasteiger partial charge in [-0.15, -0.1) is 0 Å². The minimum Gasteiger partial charge on any atom is -0.381 e. The summed E-state index contributed by atoms with van der Waals surface area (Å²) in [5.41, 5.74) is 3.76. The molecule has 0 bridgehead atoms. The van der Waals surface area contributed by atoms with E-state index in [1.54, 1.807) is 0 Å². The molecular formula is C18H26N2O3. The number of hydrogen-bond donors (Lipinski definition) is 1. The first-order valence-electron chi connectivity index (χ1n) is 8.31. The molecule has 1 heterocycles. The molecule has 0 spiro atoms. The Hall–Kier alpha value is -1.88. The molecule has 0 saturated heterocycles. The van der Waals surface area contributed by atoms with Crippen molar-refractivity contribution in [1.82, 2.24) is 10.5 Å². The lowest BCUT2D eigenvalue weighted by Crippen LogP contribution is -2.27. The van der Waals surface area contributed by atoms with Crippen molar-refractivity contribution in [2.24, 2.45) is 0 Å². The van der Waals surface area contributed by atoms with Gasteiger partial charge in [-0.25, -0.2) is 0 Å². The highest BCUT2D eigenvalue weighted by Gasteiger charge is 2.13. The van der Waals surface area contributed by atoms with Crippen LogP contribution in [-0.2, 0) is 16.0 Å². The van der Waals surface area contributed by atoms with E-state index >= 15 is 0 Å². The lowest BCUT2D eigenvalue weighted by molar-refractivity contribution is -0.120. The van der Waals surface area contributed by atoms with Crippen molar-refractivity contribution in [2.75, 3.05) is 19.8 Å². The third-order valence-electron chi connectivity index (χ3n) is 3.92. The zero-order chi connectivity index (χ0) is 16.7. The second-order valence-electron chi connectivity index (χ2n) is 5.91. The third-order valence-corrected chi connectivity index (χ3v) is 3.92. The van der Waals surface area contributed by atoms with Crippen molar-refractivity contribution in [3.63, 3.8) is 0 Å². The molecule has 1 aromatic carbocycles. The molecule has 1 aromatic heterocycles. The molecule has 5 nitrogen and oxygen atoms in total. The van der Waals surface area contributed by atoms with Crippen molar-refractivity contribution in [1.29, 1.82) is 0 Å². The highest BCUT2D eigenvalue weighted by molar-refractivity contribution is 5.87. The van der Waals surface area contributed by atoms with Crippen LogP contribution in [0.25, 0.3) is 11.0 Å². The summed E-state index contributed by atoms with van der Waals surface area (Å²) in [5.74, 6) is -0.0352.